The van der Waals surface area contributed by atoms with E-state index in [1.807, 2.05) is 12.1 Å². The Morgan fingerprint density at radius 2 is 2.17 bits per heavy atom. The maximum Gasteiger partial charge on any atom is 0.164 e. The van der Waals surface area contributed by atoms with Gasteiger partial charge in [0.05, 0.1) is 14.2 Å². The number of methoxy groups -OCH3 is 2. The smallest absolute Gasteiger partial charge is 0.164 e. The third-order valence-electron chi connectivity index (χ3n) is 3.47. The van der Waals surface area contributed by atoms with Crippen molar-refractivity contribution >= 4 is 5.78 Å². The Kier molecular flexibility index (Phi) is 3.70. The zero-order chi connectivity index (χ0) is 13.1. The Balaban J connectivity index is 2.43. The third kappa shape index (κ3) is 2.13. The van der Waals surface area contributed by atoms with Crippen molar-refractivity contribution in [1.82, 2.24) is 0 Å². The lowest BCUT2D eigenvalue weighted by atomic mass is 9.80. The zero-order valence-electron chi connectivity index (χ0n) is 10.9. The van der Waals surface area contributed by atoms with Crippen molar-refractivity contribution in [2.45, 2.75) is 19.3 Å². The van der Waals surface area contributed by atoms with Gasteiger partial charge in [-0.15, -0.1) is 6.58 Å². The average molecular weight is 246 g/mol. The van der Waals surface area contributed by atoms with Crippen molar-refractivity contribution in [3.63, 3.8) is 0 Å². The molecule has 18 heavy (non-hydrogen) atoms. The molecule has 0 radical (unpaired) electrons. The van der Waals surface area contributed by atoms with Gasteiger partial charge >= 0.3 is 0 Å². The van der Waals surface area contributed by atoms with Gasteiger partial charge < -0.3 is 9.47 Å². The molecule has 0 spiro atoms. The molecule has 0 aromatic heterocycles. The molecular weight excluding hydrogens is 228 g/mol. The highest BCUT2D eigenvalue weighted by Crippen LogP contribution is 2.38. The Bertz CT molecular complexity index is 477. The first-order valence-corrected chi connectivity index (χ1v) is 6.07. The lowest BCUT2D eigenvalue weighted by Gasteiger charge is -2.25. The molecule has 1 aliphatic carbocycles. The molecule has 0 aliphatic heterocycles. The molecule has 1 aliphatic rings. The van der Waals surface area contributed by atoms with E-state index in [4.69, 9.17) is 9.47 Å². The summed E-state index contributed by atoms with van der Waals surface area (Å²) in [6, 6.07) is 3.82. The average Bonchev–Trinajstić information content (AvgIpc) is 2.38. The van der Waals surface area contributed by atoms with Gasteiger partial charge in [-0.25, -0.2) is 0 Å². The second-order valence-electron chi connectivity index (χ2n) is 4.51. The van der Waals surface area contributed by atoms with E-state index in [0.717, 1.165) is 29.0 Å². The summed E-state index contributed by atoms with van der Waals surface area (Å²) in [6.45, 7) is 3.71. The van der Waals surface area contributed by atoms with Crippen LogP contribution in [0.2, 0.25) is 0 Å². The highest BCUT2D eigenvalue weighted by Gasteiger charge is 2.28. The summed E-state index contributed by atoms with van der Waals surface area (Å²) in [5, 5.41) is 0. The molecule has 1 aromatic rings. The molecule has 3 heteroatoms. The quantitative estimate of drug-likeness (QED) is 0.766. The van der Waals surface area contributed by atoms with E-state index in [1.165, 1.54) is 0 Å². The fourth-order valence-corrected chi connectivity index (χ4v) is 2.53. The van der Waals surface area contributed by atoms with Gasteiger partial charge in [0.2, 0.25) is 0 Å². The van der Waals surface area contributed by atoms with Crippen LogP contribution in [-0.4, -0.2) is 20.0 Å². The first-order chi connectivity index (χ1) is 8.71. The van der Waals surface area contributed by atoms with Crippen LogP contribution in [0.5, 0.6) is 11.5 Å². The van der Waals surface area contributed by atoms with E-state index in [-0.39, 0.29) is 11.7 Å². The molecule has 2 rings (SSSR count). The Labute approximate surface area is 107 Å². The molecule has 0 saturated heterocycles. The molecule has 1 atom stereocenters. The van der Waals surface area contributed by atoms with Crippen LogP contribution in [-0.2, 0) is 17.6 Å². The summed E-state index contributed by atoms with van der Waals surface area (Å²) in [6.07, 6.45) is 3.72. The van der Waals surface area contributed by atoms with Crippen molar-refractivity contribution in [3.8, 4) is 11.5 Å². The predicted molar refractivity (Wildman–Crippen MR) is 70.3 cm³/mol. The minimum atomic E-state index is 0.0241. The van der Waals surface area contributed by atoms with Gasteiger partial charge in [-0.1, -0.05) is 12.1 Å². The number of ether oxygens (including phenoxy) is 2. The van der Waals surface area contributed by atoms with Gasteiger partial charge in [0.15, 0.2) is 11.5 Å². The molecule has 3 nitrogen and oxygen atoms in total. The SMILES string of the molecule is C=CCC1Cc2c(ccc(OC)c2OC)CC1=O. The summed E-state index contributed by atoms with van der Waals surface area (Å²) in [4.78, 5) is 12.0. The van der Waals surface area contributed by atoms with E-state index in [1.54, 1.807) is 20.3 Å². The summed E-state index contributed by atoms with van der Waals surface area (Å²) in [5.41, 5.74) is 2.15. The fourth-order valence-electron chi connectivity index (χ4n) is 2.53. The number of hydrogen-bond donors (Lipinski definition) is 0. The molecule has 0 bridgehead atoms. The summed E-state index contributed by atoms with van der Waals surface area (Å²) in [5.74, 6) is 1.80. The van der Waals surface area contributed by atoms with Crippen molar-refractivity contribution in [3.05, 3.63) is 35.9 Å². The van der Waals surface area contributed by atoms with Crippen LogP contribution in [0.1, 0.15) is 17.5 Å². The predicted octanol–water partition coefficient (Wildman–Crippen LogP) is 2.56. The van der Waals surface area contributed by atoms with Gasteiger partial charge in [0.25, 0.3) is 0 Å². The fraction of sp³-hybridized carbons (Fsp3) is 0.400. The van der Waals surface area contributed by atoms with E-state index >= 15 is 0 Å². The maximum absolute atomic E-state index is 12.0. The Morgan fingerprint density at radius 3 is 2.78 bits per heavy atom. The number of fused-ring (bicyclic) bond motifs is 1. The third-order valence-corrected chi connectivity index (χ3v) is 3.47. The molecular formula is C15H18O3. The number of hydrogen-bond acceptors (Lipinski definition) is 3. The van der Waals surface area contributed by atoms with Gasteiger partial charge in [-0.3, -0.25) is 4.79 Å². The molecule has 0 saturated carbocycles. The number of benzene rings is 1. The number of carbonyl (C=O) groups is 1. The highest BCUT2D eigenvalue weighted by molar-refractivity contribution is 5.86. The van der Waals surface area contributed by atoms with Gasteiger partial charge in [-0.05, 0) is 24.5 Å². The van der Waals surface area contributed by atoms with E-state index < -0.39 is 0 Å². The minimum absolute atomic E-state index is 0.0241. The van der Waals surface area contributed by atoms with Crippen LogP contribution in [0.25, 0.3) is 0 Å². The number of carbonyl (C=O) groups excluding carboxylic acids is 1. The Hall–Kier alpha value is -1.77. The molecule has 0 fully saturated rings. The van der Waals surface area contributed by atoms with Crippen molar-refractivity contribution in [2.24, 2.45) is 5.92 Å². The van der Waals surface area contributed by atoms with Crippen LogP contribution in [0, 0.1) is 5.92 Å². The highest BCUT2D eigenvalue weighted by atomic mass is 16.5. The van der Waals surface area contributed by atoms with E-state index in [0.29, 0.717) is 12.8 Å². The molecule has 0 N–H and O–H groups in total. The lowest BCUT2D eigenvalue weighted by molar-refractivity contribution is -0.122. The van der Waals surface area contributed by atoms with Crippen LogP contribution in [0.15, 0.2) is 24.8 Å². The van der Waals surface area contributed by atoms with Crippen LogP contribution in [0.3, 0.4) is 0 Å². The summed E-state index contributed by atoms with van der Waals surface area (Å²) in [7, 11) is 3.26. The number of Topliss-reactive ketones (excluding diaryl/α,β-unsaturated/α-hetero) is 1. The Morgan fingerprint density at radius 1 is 1.39 bits per heavy atom. The van der Waals surface area contributed by atoms with Gasteiger partial charge in [-0.2, -0.15) is 0 Å². The number of ketones is 1. The molecule has 0 heterocycles. The standard InChI is InChI=1S/C15H18O3/c1-4-5-11-8-12-10(9-13(11)16)6-7-14(17-2)15(12)18-3/h4,6-7,11H,1,5,8-9H2,2-3H3. The first kappa shape index (κ1) is 12.7. The largest absolute Gasteiger partial charge is 0.493 e. The van der Waals surface area contributed by atoms with Crippen LogP contribution < -0.4 is 9.47 Å². The van der Waals surface area contributed by atoms with Crippen molar-refractivity contribution in [2.75, 3.05) is 14.2 Å². The molecule has 1 aromatic carbocycles. The summed E-state index contributed by atoms with van der Waals surface area (Å²) >= 11 is 0. The van der Waals surface area contributed by atoms with Crippen molar-refractivity contribution < 1.29 is 14.3 Å². The lowest BCUT2D eigenvalue weighted by Crippen LogP contribution is -2.25. The minimum Gasteiger partial charge on any atom is -0.493 e. The zero-order valence-corrected chi connectivity index (χ0v) is 10.9. The number of allylic oxidation sites excluding steroid dienone is 1. The normalized spacial score (nSPS) is 18.1. The second-order valence-corrected chi connectivity index (χ2v) is 4.51. The molecule has 96 valence electrons. The van der Waals surface area contributed by atoms with Gasteiger partial charge in [0, 0.05) is 17.9 Å². The first-order valence-electron chi connectivity index (χ1n) is 6.07. The van der Waals surface area contributed by atoms with Crippen molar-refractivity contribution in [1.29, 1.82) is 0 Å². The van der Waals surface area contributed by atoms with Gasteiger partial charge in [0.1, 0.15) is 5.78 Å². The maximum atomic E-state index is 12.0. The van der Waals surface area contributed by atoms with Crippen LogP contribution >= 0.6 is 0 Å². The number of rotatable bonds is 4. The molecule has 0 amide bonds. The topological polar surface area (TPSA) is 35.5 Å². The van der Waals surface area contributed by atoms with Crippen LogP contribution in [0.4, 0.5) is 0 Å². The monoisotopic (exact) mass is 246 g/mol. The van der Waals surface area contributed by atoms with E-state index in [9.17, 15) is 4.79 Å². The van der Waals surface area contributed by atoms with E-state index in [2.05, 4.69) is 6.58 Å². The molecule has 1 unspecified atom stereocenters. The second kappa shape index (κ2) is 5.25. The summed E-state index contributed by atoms with van der Waals surface area (Å²) < 4.78 is 10.7.